The number of rotatable bonds is 8. The number of esters is 1. The third kappa shape index (κ3) is 5.09. The Labute approximate surface area is 167 Å². The number of amides is 3. The van der Waals surface area contributed by atoms with Crippen LogP contribution >= 0.6 is 11.3 Å². The smallest absolute Gasteiger partial charge is 0.341 e. The lowest BCUT2D eigenvalue weighted by atomic mass is 10.1. The lowest BCUT2D eigenvalue weighted by Gasteiger charge is -2.17. The van der Waals surface area contributed by atoms with Gasteiger partial charge in [-0.1, -0.05) is 0 Å². The van der Waals surface area contributed by atoms with Crippen LogP contribution in [0.5, 0.6) is 0 Å². The van der Waals surface area contributed by atoms with E-state index in [2.05, 4.69) is 10.6 Å². The van der Waals surface area contributed by atoms with E-state index in [4.69, 9.17) is 4.74 Å². The number of aryl methyl sites for hydroxylation is 1. The normalized spacial score (nSPS) is 15.7. The summed E-state index contributed by atoms with van der Waals surface area (Å²) < 4.78 is 5.17. The van der Waals surface area contributed by atoms with Crippen molar-refractivity contribution >= 4 is 40.0 Å². The molecule has 3 rings (SSSR count). The highest BCUT2D eigenvalue weighted by molar-refractivity contribution is 7.16. The summed E-state index contributed by atoms with van der Waals surface area (Å²) in [7, 11) is 1.49. The molecule has 3 amide bonds. The van der Waals surface area contributed by atoms with E-state index in [1.54, 1.807) is 6.92 Å². The standard InChI is InChI=1S/C19H25N3O5S/c1-10-11(2)28-18(21-17(25)12-4-5-12)16(10)19(26)27-9-15(24)22(3)8-14(23)20-13-6-7-13/h12-13H,4-9H2,1-3H3,(H,20,23)(H,21,25). The zero-order valence-electron chi connectivity index (χ0n) is 16.3. The highest BCUT2D eigenvalue weighted by Gasteiger charge is 2.32. The Morgan fingerprint density at radius 3 is 2.43 bits per heavy atom. The molecule has 9 heteroatoms. The molecule has 0 unspecified atom stereocenters. The molecule has 1 aromatic heterocycles. The quantitative estimate of drug-likeness (QED) is 0.637. The fourth-order valence-corrected chi connectivity index (χ4v) is 3.69. The first-order chi connectivity index (χ1) is 13.3. The topological polar surface area (TPSA) is 105 Å². The maximum Gasteiger partial charge on any atom is 0.341 e. The number of thiophene rings is 1. The van der Waals surface area contributed by atoms with Gasteiger partial charge in [0.1, 0.15) is 5.00 Å². The molecule has 2 N–H and O–H groups in total. The van der Waals surface area contributed by atoms with E-state index in [9.17, 15) is 19.2 Å². The van der Waals surface area contributed by atoms with Gasteiger partial charge in [-0.3, -0.25) is 14.4 Å². The average molecular weight is 407 g/mol. The molecular formula is C19H25N3O5S. The van der Waals surface area contributed by atoms with Crippen molar-refractivity contribution in [3.05, 3.63) is 16.0 Å². The van der Waals surface area contributed by atoms with Gasteiger partial charge in [-0.05, 0) is 45.1 Å². The summed E-state index contributed by atoms with van der Waals surface area (Å²) >= 11 is 1.32. The van der Waals surface area contributed by atoms with Crippen LogP contribution in [0.15, 0.2) is 0 Å². The van der Waals surface area contributed by atoms with E-state index in [0.29, 0.717) is 10.6 Å². The number of hydrogen-bond donors (Lipinski definition) is 2. The highest BCUT2D eigenvalue weighted by atomic mass is 32.1. The van der Waals surface area contributed by atoms with Gasteiger partial charge in [0.25, 0.3) is 5.91 Å². The molecule has 0 saturated heterocycles. The van der Waals surface area contributed by atoms with Crippen molar-refractivity contribution in [3.8, 4) is 0 Å². The van der Waals surface area contributed by atoms with Crippen LogP contribution in [-0.2, 0) is 19.1 Å². The second-order valence-electron chi connectivity index (χ2n) is 7.42. The number of anilines is 1. The van der Waals surface area contributed by atoms with Crippen LogP contribution in [0.4, 0.5) is 5.00 Å². The number of carbonyl (C=O) groups excluding carboxylic acids is 4. The Morgan fingerprint density at radius 1 is 1.14 bits per heavy atom. The molecule has 2 aliphatic rings. The predicted octanol–water partition coefficient (Wildman–Crippen LogP) is 1.61. The molecule has 2 aliphatic carbocycles. The van der Waals surface area contributed by atoms with Crippen LogP contribution in [0.1, 0.15) is 46.5 Å². The Hall–Kier alpha value is -2.42. The van der Waals surface area contributed by atoms with Gasteiger partial charge in [-0.15, -0.1) is 11.3 Å². The van der Waals surface area contributed by atoms with E-state index in [0.717, 1.165) is 36.1 Å². The average Bonchev–Trinajstić information content (AvgIpc) is 3.52. The fourth-order valence-electron chi connectivity index (χ4n) is 2.63. The third-order valence-corrected chi connectivity index (χ3v) is 5.97. The van der Waals surface area contributed by atoms with E-state index < -0.39 is 18.5 Å². The van der Waals surface area contributed by atoms with Crippen molar-refractivity contribution < 1.29 is 23.9 Å². The number of nitrogens with one attached hydrogen (secondary N) is 2. The molecule has 0 aromatic carbocycles. The molecule has 0 aliphatic heterocycles. The minimum atomic E-state index is -0.655. The molecule has 2 fully saturated rings. The van der Waals surface area contributed by atoms with Crippen LogP contribution < -0.4 is 10.6 Å². The van der Waals surface area contributed by atoms with Gasteiger partial charge in [0.05, 0.1) is 12.1 Å². The third-order valence-electron chi connectivity index (χ3n) is 4.85. The molecular weight excluding hydrogens is 382 g/mol. The minimum Gasteiger partial charge on any atom is -0.452 e. The minimum absolute atomic E-state index is 0.0172. The predicted molar refractivity (Wildman–Crippen MR) is 104 cm³/mol. The van der Waals surface area contributed by atoms with Crippen LogP contribution in [0.2, 0.25) is 0 Å². The zero-order valence-corrected chi connectivity index (χ0v) is 17.1. The zero-order chi connectivity index (χ0) is 20.4. The first kappa shape index (κ1) is 20.3. The van der Waals surface area contributed by atoms with Crippen LogP contribution in [0.25, 0.3) is 0 Å². The Balaban J connectivity index is 1.55. The lowest BCUT2D eigenvalue weighted by molar-refractivity contribution is -0.137. The molecule has 0 atom stereocenters. The highest BCUT2D eigenvalue weighted by Crippen LogP contribution is 2.36. The van der Waals surface area contributed by atoms with E-state index >= 15 is 0 Å². The summed E-state index contributed by atoms with van der Waals surface area (Å²) in [6.07, 6.45) is 3.67. The van der Waals surface area contributed by atoms with Gasteiger partial charge < -0.3 is 20.3 Å². The second kappa shape index (κ2) is 8.30. The molecule has 28 heavy (non-hydrogen) atoms. The molecule has 8 nitrogen and oxygen atoms in total. The molecule has 152 valence electrons. The molecule has 2 saturated carbocycles. The van der Waals surface area contributed by atoms with Crippen molar-refractivity contribution in [2.45, 2.75) is 45.6 Å². The summed E-state index contributed by atoms with van der Waals surface area (Å²) in [4.78, 5) is 50.7. The van der Waals surface area contributed by atoms with Crippen molar-refractivity contribution in [2.24, 2.45) is 5.92 Å². The number of nitrogens with zero attached hydrogens (tertiary/aromatic N) is 1. The van der Waals surface area contributed by atoms with Gasteiger partial charge in [0.2, 0.25) is 11.8 Å². The monoisotopic (exact) mass is 407 g/mol. The largest absolute Gasteiger partial charge is 0.452 e. The number of carbonyl (C=O) groups is 4. The Morgan fingerprint density at radius 2 is 1.82 bits per heavy atom. The molecule has 0 spiro atoms. The molecule has 1 heterocycles. The Kier molecular flexibility index (Phi) is 6.02. The van der Waals surface area contributed by atoms with Crippen molar-refractivity contribution in [1.82, 2.24) is 10.2 Å². The maximum atomic E-state index is 12.6. The number of ether oxygens (including phenoxy) is 1. The van der Waals surface area contributed by atoms with Crippen LogP contribution in [0, 0.1) is 19.8 Å². The molecule has 1 aromatic rings. The summed E-state index contributed by atoms with van der Waals surface area (Å²) in [6.45, 7) is 3.11. The van der Waals surface area contributed by atoms with Gasteiger partial charge in [-0.25, -0.2) is 4.79 Å². The molecule has 0 bridgehead atoms. The number of likely N-dealkylation sites (N-methyl/N-ethyl adjacent to an activating group) is 1. The van der Waals surface area contributed by atoms with Crippen molar-refractivity contribution in [3.63, 3.8) is 0 Å². The number of hydrogen-bond acceptors (Lipinski definition) is 6. The second-order valence-corrected chi connectivity index (χ2v) is 8.64. The van der Waals surface area contributed by atoms with Gasteiger partial charge in [0, 0.05) is 23.9 Å². The summed E-state index contributed by atoms with van der Waals surface area (Å²) in [5.74, 6) is -1.42. The maximum absolute atomic E-state index is 12.6. The van der Waals surface area contributed by atoms with Crippen molar-refractivity contribution in [1.29, 1.82) is 0 Å². The van der Waals surface area contributed by atoms with Gasteiger partial charge in [-0.2, -0.15) is 0 Å². The molecule has 0 radical (unpaired) electrons. The van der Waals surface area contributed by atoms with Crippen LogP contribution in [0.3, 0.4) is 0 Å². The van der Waals surface area contributed by atoms with Crippen molar-refractivity contribution in [2.75, 3.05) is 25.5 Å². The summed E-state index contributed by atoms with van der Waals surface area (Å²) in [6, 6.07) is 0.225. The summed E-state index contributed by atoms with van der Waals surface area (Å²) in [5.41, 5.74) is 1.02. The first-order valence-electron chi connectivity index (χ1n) is 9.37. The Bertz CT molecular complexity index is 811. The van der Waals surface area contributed by atoms with Crippen LogP contribution in [-0.4, -0.2) is 54.8 Å². The first-order valence-corrected chi connectivity index (χ1v) is 10.2. The van der Waals surface area contributed by atoms with E-state index in [1.165, 1.54) is 23.3 Å². The van der Waals surface area contributed by atoms with Gasteiger partial charge >= 0.3 is 5.97 Å². The lowest BCUT2D eigenvalue weighted by Crippen LogP contribution is -2.40. The fraction of sp³-hybridized carbons (Fsp3) is 0.579. The summed E-state index contributed by atoms with van der Waals surface area (Å²) in [5, 5.41) is 6.07. The van der Waals surface area contributed by atoms with E-state index in [-0.39, 0.29) is 30.3 Å². The SMILES string of the molecule is Cc1sc(NC(=O)C2CC2)c(C(=O)OCC(=O)N(C)CC(=O)NC2CC2)c1C. The van der Waals surface area contributed by atoms with Gasteiger partial charge in [0.15, 0.2) is 6.61 Å². The van der Waals surface area contributed by atoms with E-state index in [1.807, 2.05) is 6.92 Å².